The third-order valence-electron chi connectivity index (χ3n) is 4.21. The Balaban J connectivity index is 1.69. The van der Waals surface area contributed by atoms with Crippen molar-refractivity contribution in [2.24, 2.45) is 0 Å². The van der Waals surface area contributed by atoms with E-state index in [9.17, 15) is 17.2 Å². The fraction of sp³-hybridized carbons (Fsp3) is 0.294. The van der Waals surface area contributed by atoms with Crippen LogP contribution in [-0.2, 0) is 16.6 Å². The molecule has 0 spiro atoms. The van der Waals surface area contributed by atoms with E-state index in [0.29, 0.717) is 25.3 Å². The predicted octanol–water partition coefficient (Wildman–Crippen LogP) is 2.05. The second kappa shape index (κ2) is 7.07. The van der Waals surface area contributed by atoms with Crippen molar-refractivity contribution in [3.63, 3.8) is 0 Å². The largest absolute Gasteiger partial charge is 0.399 e. The smallest absolute Gasteiger partial charge is 0.249 e. The van der Waals surface area contributed by atoms with Crippen molar-refractivity contribution < 1.29 is 17.2 Å². The van der Waals surface area contributed by atoms with Crippen molar-refractivity contribution in [1.82, 2.24) is 9.21 Å². The zero-order valence-corrected chi connectivity index (χ0v) is 14.3. The number of rotatable bonds is 4. The maximum atomic E-state index is 13.8. The zero-order valence-electron chi connectivity index (χ0n) is 13.5. The first-order valence-electron chi connectivity index (χ1n) is 7.89. The van der Waals surface area contributed by atoms with Crippen LogP contribution < -0.4 is 5.73 Å². The van der Waals surface area contributed by atoms with Crippen LogP contribution in [0.5, 0.6) is 0 Å². The van der Waals surface area contributed by atoms with Crippen molar-refractivity contribution in [2.45, 2.75) is 11.4 Å². The number of sulfonamides is 1. The number of piperazine rings is 1. The van der Waals surface area contributed by atoms with Gasteiger partial charge in [0.2, 0.25) is 10.0 Å². The van der Waals surface area contributed by atoms with E-state index < -0.39 is 26.6 Å². The first-order chi connectivity index (χ1) is 11.9. The summed E-state index contributed by atoms with van der Waals surface area (Å²) >= 11 is 0. The maximum absolute atomic E-state index is 13.8. The molecule has 2 aromatic carbocycles. The van der Waals surface area contributed by atoms with E-state index >= 15 is 0 Å². The van der Waals surface area contributed by atoms with Gasteiger partial charge in [-0.15, -0.1) is 0 Å². The maximum Gasteiger partial charge on any atom is 0.249 e. The normalized spacial score (nSPS) is 16.9. The summed E-state index contributed by atoms with van der Waals surface area (Å²) in [6, 6.07) is 10.5. The zero-order chi connectivity index (χ0) is 18.0. The number of halogens is 2. The molecule has 25 heavy (non-hydrogen) atoms. The first kappa shape index (κ1) is 17.8. The minimum atomic E-state index is -4.19. The fourth-order valence-corrected chi connectivity index (χ4v) is 4.47. The number of benzene rings is 2. The molecule has 0 amide bonds. The van der Waals surface area contributed by atoms with E-state index in [1.54, 1.807) is 6.07 Å². The van der Waals surface area contributed by atoms with Crippen LogP contribution in [0.3, 0.4) is 0 Å². The Hall–Kier alpha value is -2.03. The average Bonchev–Trinajstić information content (AvgIpc) is 2.55. The molecule has 1 aliphatic heterocycles. The molecule has 2 N–H and O–H groups in total. The number of nitrogens with zero attached hydrogens (tertiary/aromatic N) is 2. The van der Waals surface area contributed by atoms with E-state index in [1.807, 2.05) is 18.2 Å². The summed E-state index contributed by atoms with van der Waals surface area (Å²) in [6.07, 6.45) is 0. The van der Waals surface area contributed by atoms with Crippen LogP contribution in [0.1, 0.15) is 5.56 Å². The van der Waals surface area contributed by atoms with Gasteiger partial charge in [0.1, 0.15) is 11.6 Å². The molecule has 134 valence electrons. The number of hydrogen-bond donors (Lipinski definition) is 1. The molecular weight excluding hydrogens is 348 g/mol. The van der Waals surface area contributed by atoms with Gasteiger partial charge >= 0.3 is 0 Å². The van der Waals surface area contributed by atoms with Crippen LogP contribution in [0.4, 0.5) is 14.5 Å². The average molecular weight is 367 g/mol. The third kappa shape index (κ3) is 3.81. The van der Waals surface area contributed by atoms with Gasteiger partial charge in [-0.25, -0.2) is 17.2 Å². The number of anilines is 1. The van der Waals surface area contributed by atoms with Crippen LogP contribution >= 0.6 is 0 Å². The van der Waals surface area contributed by atoms with Gasteiger partial charge in [-0.2, -0.15) is 4.31 Å². The minimum Gasteiger partial charge on any atom is -0.399 e. The molecule has 0 unspecified atom stereocenters. The highest BCUT2D eigenvalue weighted by Crippen LogP contribution is 2.24. The first-order valence-corrected chi connectivity index (χ1v) is 9.33. The van der Waals surface area contributed by atoms with Gasteiger partial charge in [-0.1, -0.05) is 18.2 Å². The molecule has 0 aromatic heterocycles. The summed E-state index contributed by atoms with van der Waals surface area (Å²) in [6.45, 7) is 1.96. The quantitative estimate of drug-likeness (QED) is 0.840. The molecule has 0 radical (unpaired) electrons. The minimum absolute atomic E-state index is 0.179. The predicted molar refractivity (Wildman–Crippen MR) is 91.2 cm³/mol. The number of nitrogen functional groups attached to an aromatic ring is 1. The molecule has 0 bridgehead atoms. The molecule has 1 fully saturated rings. The molecule has 2 aromatic rings. The highest BCUT2D eigenvalue weighted by molar-refractivity contribution is 7.89. The molecule has 5 nitrogen and oxygen atoms in total. The lowest BCUT2D eigenvalue weighted by Crippen LogP contribution is -2.48. The van der Waals surface area contributed by atoms with Crippen LogP contribution in [0.15, 0.2) is 47.4 Å². The van der Waals surface area contributed by atoms with Gasteiger partial charge in [0.25, 0.3) is 0 Å². The molecule has 1 saturated heterocycles. The Morgan fingerprint density at radius 2 is 1.56 bits per heavy atom. The van der Waals surface area contributed by atoms with E-state index in [0.717, 1.165) is 28.1 Å². The molecule has 3 rings (SSSR count). The van der Waals surface area contributed by atoms with Gasteiger partial charge in [0.05, 0.1) is 0 Å². The second-order valence-electron chi connectivity index (χ2n) is 5.98. The SMILES string of the molecule is Nc1cccc(CN2CCN(S(=O)(=O)c3c(F)cccc3F)CC2)c1. The fourth-order valence-electron chi connectivity index (χ4n) is 2.94. The highest BCUT2D eigenvalue weighted by Gasteiger charge is 2.33. The molecule has 1 heterocycles. The van der Waals surface area contributed by atoms with Crippen molar-refractivity contribution >= 4 is 15.7 Å². The summed E-state index contributed by atoms with van der Waals surface area (Å²) in [7, 11) is -4.19. The molecule has 0 aliphatic carbocycles. The van der Waals surface area contributed by atoms with Gasteiger partial charge in [-0.3, -0.25) is 4.90 Å². The van der Waals surface area contributed by atoms with Gasteiger partial charge in [0, 0.05) is 38.4 Å². The Morgan fingerprint density at radius 3 is 2.16 bits per heavy atom. The topological polar surface area (TPSA) is 66.6 Å². The number of hydrogen-bond acceptors (Lipinski definition) is 4. The van der Waals surface area contributed by atoms with E-state index in [1.165, 1.54) is 0 Å². The van der Waals surface area contributed by atoms with E-state index in [4.69, 9.17) is 5.73 Å². The van der Waals surface area contributed by atoms with E-state index in [-0.39, 0.29) is 13.1 Å². The van der Waals surface area contributed by atoms with Gasteiger partial charge < -0.3 is 5.73 Å². The molecule has 1 aliphatic rings. The van der Waals surface area contributed by atoms with Crippen molar-refractivity contribution in [2.75, 3.05) is 31.9 Å². The lowest BCUT2D eigenvalue weighted by molar-refractivity contribution is 0.181. The molecule has 0 saturated carbocycles. The Morgan fingerprint density at radius 1 is 0.960 bits per heavy atom. The van der Waals surface area contributed by atoms with Crippen LogP contribution in [0, 0.1) is 11.6 Å². The Kier molecular flexibility index (Phi) is 5.03. The monoisotopic (exact) mass is 367 g/mol. The highest BCUT2D eigenvalue weighted by atomic mass is 32.2. The number of nitrogens with two attached hydrogens (primary N) is 1. The van der Waals surface area contributed by atoms with Crippen LogP contribution in [0.25, 0.3) is 0 Å². The second-order valence-corrected chi connectivity index (χ2v) is 7.85. The third-order valence-corrected chi connectivity index (χ3v) is 6.16. The Bertz CT molecular complexity index is 846. The summed E-state index contributed by atoms with van der Waals surface area (Å²) in [4.78, 5) is 1.21. The molecule has 0 atom stereocenters. The standard InChI is InChI=1S/C17H19F2N3O2S/c18-15-5-2-6-16(19)17(15)25(23,24)22-9-7-21(8-10-22)12-13-3-1-4-14(20)11-13/h1-6,11H,7-10,12,20H2. The van der Waals surface area contributed by atoms with Crippen molar-refractivity contribution in [3.05, 3.63) is 59.7 Å². The van der Waals surface area contributed by atoms with Crippen molar-refractivity contribution in [3.8, 4) is 0 Å². The summed E-state index contributed by atoms with van der Waals surface area (Å²) in [5.74, 6) is -2.13. The molecule has 8 heteroatoms. The summed E-state index contributed by atoms with van der Waals surface area (Å²) in [5, 5.41) is 0. The van der Waals surface area contributed by atoms with Crippen molar-refractivity contribution in [1.29, 1.82) is 0 Å². The molecular formula is C17H19F2N3O2S. The van der Waals surface area contributed by atoms with E-state index in [2.05, 4.69) is 4.90 Å². The lowest BCUT2D eigenvalue weighted by atomic mass is 10.2. The summed E-state index contributed by atoms with van der Waals surface area (Å²) < 4.78 is 53.9. The van der Waals surface area contributed by atoms with Gasteiger partial charge in [0.15, 0.2) is 4.90 Å². The van der Waals surface area contributed by atoms with Crippen LogP contribution in [0.2, 0.25) is 0 Å². The van der Waals surface area contributed by atoms with Crippen LogP contribution in [-0.4, -0.2) is 43.8 Å². The lowest BCUT2D eigenvalue weighted by Gasteiger charge is -2.34. The van der Waals surface area contributed by atoms with Gasteiger partial charge in [-0.05, 0) is 29.8 Å². The Labute approximate surface area is 145 Å². The summed E-state index contributed by atoms with van der Waals surface area (Å²) in [5.41, 5.74) is 7.47.